The van der Waals surface area contributed by atoms with Crippen LogP contribution in [0.1, 0.15) is 42.5 Å². The molecule has 0 heterocycles. The quantitative estimate of drug-likeness (QED) is 0.350. The van der Waals surface area contributed by atoms with E-state index in [4.69, 9.17) is 28.4 Å². The van der Waals surface area contributed by atoms with E-state index in [-0.39, 0.29) is 0 Å². The van der Waals surface area contributed by atoms with Crippen LogP contribution in [0.25, 0.3) is 0 Å². The number of benzene rings is 2. The molecule has 0 aliphatic carbocycles. The van der Waals surface area contributed by atoms with Crippen molar-refractivity contribution in [1.82, 2.24) is 0 Å². The predicted molar refractivity (Wildman–Crippen MR) is 133 cm³/mol. The molecule has 0 unspecified atom stereocenters. The van der Waals surface area contributed by atoms with E-state index in [0.717, 1.165) is 54.2 Å². The fourth-order valence-electron chi connectivity index (χ4n) is 3.13. The highest BCUT2D eigenvalue weighted by molar-refractivity contribution is 5.47. The SMILES string of the molecule is CCc1cc(COCCOC)cc(OC)c1.CCc1cc(OC)c(C)c(OCCCOC)c1. The van der Waals surface area contributed by atoms with Crippen molar-refractivity contribution in [3.05, 3.63) is 52.6 Å². The summed E-state index contributed by atoms with van der Waals surface area (Å²) < 4.78 is 31.8. The smallest absolute Gasteiger partial charge is 0.126 e. The number of ether oxygens (including phenoxy) is 6. The molecular weight excluding hydrogens is 420 g/mol. The second-order valence-electron chi connectivity index (χ2n) is 7.56. The van der Waals surface area contributed by atoms with Gasteiger partial charge in [0.25, 0.3) is 0 Å². The van der Waals surface area contributed by atoms with E-state index in [2.05, 4.69) is 38.1 Å². The standard InChI is InChI=1S/C14H22O3.C13H20O3/c1-5-12-9-13(16-4)11(2)14(10-12)17-8-6-7-15-3;1-4-11-7-12(9-13(8-11)15-3)10-16-6-5-14-2/h9-10H,5-8H2,1-4H3;7-9H,4-6,10H2,1-3H3. The Kier molecular flexibility index (Phi) is 15.0. The summed E-state index contributed by atoms with van der Waals surface area (Å²) in [4.78, 5) is 0. The molecule has 2 rings (SSSR count). The van der Waals surface area contributed by atoms with Gasteiger partial charge < -0.3 is 28.4 Å². The van der Waals surface area contributed by atoms with Crippen LogP contribution >= 0.6 is 0 Å². The molecule has 0 aliphatic heterocycles. The van der Waals surface area contributed by atoms with Gasteiger partial charge in [0.15, 0.2) is 0 Å². The third-order valence-electron chi connectivity index (χ3n) is 5.12. The molecule has 0 fully saturated rings. The van der Waals surface area contributed by atoms with Gasteiger partial charge >= 0.3 is 0 Å². The number of aryl methyl sites for hydroxylation is 2. The molecule has 2 aromatic carbocycles. The first-order chi connectivity index (χ1) is 16.0. The summed E-state index contributed by atoms with van der Waals surface area (Å²) in [5.74, 6) is 2.70. The molecule has 2 aromatic rings. The lowest BCUT2D eigenvalue weighted by Gasteiger charge is -2.14. The van der Waals surface area contributed by atoms with Crippen molar-refractivity contribution in [2.45, 2.75) is 46.6 Å². The molecule has 186 valence electrons. The normalized spacial score (nSPS) is 10.4. The highest BCUT2D eigenvalue weighted by atomic mass is 16.5. The van der Waals surface area contributed by atoms with Crippen molar-refractivity contribution in [2.24, 2.45) is 0 Å². The van der Waals surface area contributed by atoms with Gasteiger partial charge in [0.2, 0.25) is 0 Å². The molecule has 6 heteroatoms. The Morgan fingerprint density at radius 3 is 1.88 bits per heavy atom. The fourth-order valence-corrected chi connectivity index (χ4v) is 3.13. The Morgan fingerprint density at radius 1 is 0.636 bits per heavy atom. The minimum absolute atomic E-state index is 0.605. The van der Waals surface area contributed by atoms with E-state index >= 15 is 0 Å². The molecule has 0 bridgehead atoms. The van der Waals surface area contributed by atoms with Crippen molar-refractivity contribution < 1.29 is 28.4 Å². The molecule has 33 heavy (non-hydrogen) atoms. The minimum Gasteiger partial charge on any atom is -0.497 e. The highest BCUT2D eigenvalue weighted by Gasteiger charge is 2.08. The van der Waals surface area contributed by atoms with Gasteiger partial charge in [-0.25, -0.2) is 0 Å². The topological polar surface area (TPSA) is 55.4 Å². The van der Waals surface area contributed by atoms with Crippen LogP contribution in [0.3, 0.4) is 0 Å². The first-order valence-electron chi connectivity index (χ1n) is 11.6. The van der Waals surface area contributed by atoms with Crippen LogP contribution in [0.4, 0.5) is 0 Å². The Balaban J connectivity index is 0.000000331. The van der Waals surface area contributed by atoms with Crippen LogP contribution in [-0.2, 0) is 33.7 Å². The van der Waals surface area contributed by atoms with E-state index in [9.17, 15) is 0 Å². The fraction of sp³-hybridized carbons (Fsp3) is 0.556. The van der Waals surface area contributed by atoms with E-state index in [0.29, 0.717) is 26.4 Å². The van der Waals surface area contributed by atoms with E-state index in [1.54, 1.807) is 28.4 Å². The summed E-state index contributed by atoms with van der Waals surface area (Å²) in [5, 5.41) is 0. The van der Waals surface area contributed by atoms with Crippen molar-refractivity contribution >= 4 is 0 Å². The number of hydrogen-bond donors (Lipinski definition) is 0. The Hall–Kier alpha value is -2.28. The van der Waals surface area contributed by atoms with Crippen molar-refractivity contribution in [3.63, 3.8) is 0 Å². The van der Waals surface area contributed by atoms with Crippen LogP contribution < -0.4 is 14.2 Å². The molecule has 0 aromatic heterocycles. The molecule has 0 spiro atoms. The van der Waals surface area contributed by atoms with Gasteiger partial charge in [-0.15, -0.1) is 0 Å². The summed E-state index contributed by atoms with van der Waals surface area (Å²) in [6, 6.07) is 10.4. The Labute approximate surface area is 200 Å². The second kappa shape index (κ2) is 17.2. The van der Waals surface area contributed by atoms with E-state index in [1.165, 1.54) is 11.1 Å². The van der Waals surface area contributed by atoms with Crippen molar-refractivity contribution in [2.75, 3.05) is 54.9 Å². The highest BCUT2D eigenvalue weighted by Crippen LogP contribution is 2.30. The van der Waals surface area contributed by atoms with Gasteiger partial charge in [-0.3, -0.25) is 0 Å². The van der Waals surface area contributed by atoms with Crippen LogP contribution in [0.2, 0.25) is 0 Å². The monoisotopic (exact) mass is 462 g/mol. The van der Waals surface area contributed by atoms with Crippen LogP contribution in [0.15, 0.2) is 30.3 Å². The summed E-state index contributed by atoms with van der Waals surface area (Å²) in [7, 11) is 6.75. The third kappa shape index (κ3) is 10.9. The molecule has 0 saturated carbocycles. The lowest BCUT2D eigenvalue weighted by molar-refractivity contribution is 0.0616. The van der Waals surface area contributed by atoms with Gasteiger partial charge in [-0.1, -0.05) is 19.9 Å². The van der Waals surface area contributed by atoms with Crippen LogP contribution in [-0.4, -0.2) is 54.9 Å². The largest absolute Gasteiger partial charge is 0.497 e. The Morgan fingerprint density at radius 2 is 1.27 bits per heavy atom. The van der Waals surface area contributed by atoms with Crippen molar-refractivity contribution in [1.29, 1.82) is 0 Å². The minimum atomic E-state index is 0.605. The molecule has 0 amide bonds. The van der Waals surface area contributed by atoms with Crippen LogP contribution in [0.5, 0.6) is 17.2 Å². The van der Waals surface area contributed by atoms with Gasteiger partial charge in [-0.05, 0) is 60.7 Å². The van der Waals surface area contributed by atoms with Crippen molar-refractivity contribution in [3.8, 4) is 17.2 Å². The van der Waals surface area contributed by atoms with Gasteiger partial charge in [0.1, 0.15) is 17.2 Å². The molecule has 0 saturated heterocycles. The maximum atomic E-state index is 5.76. The van der Waals surface area contributed by atoms with E-state index < -0.39 is 0 Å². The molecule has 0 radical (unpaired) electrons. The Bertz CT molecular complexity index is 768. The van der Waals surface area contributed by atoms with Crippen LogP contribution in [0, 0.1) is 6.92 Å². The molecule has 6 nitrogen and oxygen atoms in total. The zero-order valence-corrected chi connectivity index (χ0v) is 21.5. The maximum Gasteiger partial charge on any atom is 0.126 e. The first kappa shape index (κ1) is 28.8. The molecule has 0 atom stereocenters. The van der Waals surface area contributed by atoms with Gasteiger partial charge in [0, 0.05) is 32.8 Å². The average molecular weight is 463 g/mol. The molecule has 0 N–H and O–H groups in total. The lowest BCUT2D eigenvalue weighted by Crippen LogP contribution is -2.03. The summed E-state index contributed by atoms with van der Waals surface area (Å²) >= 11 is 0. The number of methoxy groups -OCH3 is 4. The molecule has 0 aliphatic rings. The molecular formula is C27H42O6. The van der Waals surface area contributed by atoms with Gasteiger partial charge in [-0.2, -0.15) is 0 Å². The maximum absolute atomic E-state index is 5.76. The second-order valence-corrected chi connectivity index (χ2v) is 7.56. The summed E-state index contributed by atoms with van der Waals surface area (Å²) in [5.41, 5.74) is 4.70. The average Bonchev–Trinajstić information content (AvgIpc) is 2.85. The number of rotatable bonds is 14. The third-order valence-corrected chi connectivity index (χ3v) is 5.12. The zero-order chi connectivity index (χ0) is 24.5. The first-order valence-corrected chi connectivity index (χ1v) is 11.6. The van der Waals surface area contributed by atoms with Gasteiger partial charge in [0.05, 0.1) is 40.6 Å². The predicted octanol–water partition coefficient (Wildman–Crippen LogP) is 5.40. The summed E-state index contributed by atoms with van der Waals surface area (Å²) in [6.07, 6.45) is 2.88. The summed E-state index contributed by atoms with van der Waals surface area (Å²) in [6.45, 7) is 9.52. The lowest BCUT2D eigenvalue weighted by atomic mass is 10.1. The zero-order valence-electron chi connectivity index (χ0n) is 21.5. The van der Waals surface area contributed by atoms with E-state index in [1.807, 2.05) is 13.0 Å². The number of hydrogen-bond acceptors (Lipinski definition) is 6.